The highest BCUT2D eigenvalue weighted by Crippen LogP contribution is 2.32. The molecule has 0 saturated heterocycles. The number of halogens is 1. The van der Waals surface area contributed by atoms with Crippen molar-refractivity contribution >= 4 is 54.8 Å². The lowest BCUT2D eigenvalue weighted by Crippen LogP contribution is -2.34. The number of amides is 1. The zero-order chi connectivity index (χ0) is 24.3. The third-order valence-corrected chi connectivity index (χ3v) is 9.03. The Morgan fingerprint density at radius 3 is 2.26 bits per heavy atom. The highest BCUT2D eigenvalue weighted by atomic mass is 35.5. The van der Waals surface area contributed by atoms with Crippen LogP contribution in [0, 0.1) is 13.8 Å². The van der Waals surface area contributed by atoms with Gasteiger partial charge < -0.3 is 4.90 Å². The number of rotatable bonds is 9. The monoisotopic (exact) mass is 523 g/mol. The molecule has 0 unspecified atom stereocenters. The summed E-state index contributed by atoms with van der Waals surface area (Å²) in [5, 5.41) is 0.227. The standard InChI is InChI=1S/C25H33N3O3S2.ClH/c1-17(2)33(30,31)21-11-9-20(10-12-21)16-23(29)28(15-7-14-27(5)6)25-26-24-19(4)18(3)8-13-22(24)32-25;/h8-13,17H,7,14-16H2,1-6H3;1H. The van der Waals surface area contributed by atoms with Crippen molar-refractivity contribution in [2.45, 2.75) is 50.7 Å². The van der Waals surface area contributed by atoms with Crippen LogP contribution in [0.25, 0.3) is 10.2 Å². The van der Waals surface area contributed by atoms with E-state index in [1.165, 1.54) is 16.9 Å². The number of anilines is 1. The smallest absolute Gasteiger partial charge is 0.233 e. The van der Waals surface area contributed by atoms with E-state index in [1.807, 2.05) is 14.1 Å². The quantitative estimate of drug-likeness (QED) is 0.392. The van der Waals surface area contributed by atoms with E-state index in [1.54, 1.807) is 43.0 Å². The molecule has 34 heavy (non-hydrogen) atoms. The third-order valence-electron chi connectivity index (χ3n) is 5.82. The van der Waals surface area contributed by atoms with Crippen molar-refractivity contribution < 1.29 is 13.2 Å². The minimum atomic E-state index is -3.33. The van der Waals surface area contributed by atoms with Gasteiger partial charge >= 0.3 is 0 Å². The van der Waals surface area contributed by atoms with Crippen molar-refractivity contribution in [1.82, 2.24) is 9.88 Å². The van der Waals surface area contributed by atoms with Crippen molar-refractivity contribution in [1.29, 1.82) is 0 Å². The van der Waals surface area contributed by atoms with Crippen LogP contribution in [0.2, 0.25) is 0 Å². The molecule has 2 aromatic carbocycles. The molecular weight excluding hydrogens is 490 g/mol. The Labute approximate surface area is 213 Å². The molecule has 3 aromatic rings. The van der Waals surface area contributed by atoms with Gasteiger partial charge in [0.2, 0.25) is 5.91 Å². The molecule has 0 aliphatic rings. The van der Waals surface area contributed by atoms with Crippen LogP contribution in [-0.4, -0.2) is 56.6 Å². The number of fused-ring (bicyclic) bond motifs is 1. The Kier molecular flexibility index (Phi) is 9.65. The highest BCUT2D eigenvalue weighted by Gasteiger charge is 2.22. The second-order valence-corrected chi connectivity index (χ2v) is 12.5. The summed E-state index contributed by atoms with van der Waals surface area (Å²) in [6.07, 6.45) is 1.02. The summed E-state index contributed by atoms with van der Waals surface area (Å²) >= 11 is 1.54. The lowest BCUT2D eigenvalue weighted by molar-refractivity contribution is -0.118. The van der Waals surface area contributed by atoms with E-state index in [2.05, 4.69) is 30.9 Å². The minimum Gasteiger partial charge on any atom is -0.309 e. The molecule has 0 saturated carbocycles. The second kappa shape index (κ2) is 11.6. The van der Waals surface area contributed by atoms with Gasteiger partial charge in [-0.05, 0) is 89.6 Å². The molecule has 0 atom stereocenters. The van der Waals surface area contributed by atoms with Crippen LogP contribution in [0.3, 0.4) is 0 Å². The molecule has 0 spiro atoms. The number of nitrogens with zero attached hydrogens (tertiary/aromatic N) is 3. The molecule has 186 valence electrons. The molecular formula is C25H34ClN3O3S2. The molecule has 6 nitrogen and oxygen atoms in total. The third kappa shape index (κ3) is 6.36. The van der Waals surface area contributed by atoms with Crippen LogP contribution < -0.4 is 4.90 Å². The number of hydrogen-bond acceptors (Lipinski definition) is 6. The molecule has 3 rings (SSSR count). The van der Waals surface area contributed by atoms with Crippen LogP contribution in [0.4, 0.5) is 5.13 Å². The van der Waals surface area contributed by atoms with Gasteiger partial charge in [0, 0.05) is 6.54 Å². The maximum absolute atomic E-state index is 13.4. The Bertz CT molecular complexity index is 1240. The van der Waals surface area contributed by atoms with Gasteiger partial charge in [0.05, 0.1) is 26.8 Å². The first kappa shape index (κ1) is 28.2. The molecule has 9 heteroatoms. The van der Waals surface area contributed by atoms with Gasteiger partial charge in [0.1, 0.15) is 0 Å². The average molecular weight is 524 g/mol. The van der Waals surface area contributed by atoms with Gasteiger partial charge in [0.15, 0.2) is 15.0 Å². The van der Waals surface area contributed by atoms with Crippen molar-refractivity contribution in [3.63, 3.8) is 0 Å². The molecule has 0 N–H and O–H groups in total. The van der Waals surface area contributed by atoms with Gasteiger partial charge in [-0.25, -0.2) is 13.4 Å². The summed E-state index contributed by atoms with van der Waals surface area (Å²) in [5.74, 6) is -0.0401. The van der Waals surface area contributed by atoms with E-state index < -0.39 is 15.1 Å². The first-order valence-corrected chi connectivity index (χ1v) is 13.5. The largest absolute Gasteiger partial charge is 0.309 e. The number of benzene rings is 2. The Balaban J connectivity index is 0.00000408. The summed E-state index contributed by atoms with van der Waals surface area (Å²) in [4.78, 5) is 22.4. The minimum absolute atomic E-state index is 0. The van der Waals surface area contributed by atoms with E-state index in [0.29, 0.717) is 11.7 Å². The van der Waals surface area contributed by atoms with E-state index in [-0.39, 0.29) is 29.6 Å². The fourth-order valence-electron chi connectivity index (χ4n) is 3.54. The summed E-state index contributed by atoms with van der Waals surface area (Å²) < 4.78 is 25.8. The maximum atomic E-state index is 13.4. The lowest BCUT2D eigenvalue weighted by Gasteiger charge is -2.21. The summed E-state index contributed by atoms with van der Waals surface area (Å²) in [6, 6.07) is 10.8. The molecule has 1 aromatic heterocycles. The van der Waals surface area contributed by atoms with Gasteiger partial charge in [-0.2, -0.15) is 0 Å². The second-order valence-electron chi connectivity index (χ2n) is 8.97. The maximum Gasteiger partial charge on any atom is 0.233 e. The zero-order valence-electron chi connectivity index (χ0n) is 20.7. The van der Waals surface area contributed by atoms with Crippen molar-refractivity contribution in [2.24, 2.45) is 0 Å². The van der Waals surface area contributed by atoms with Gasteiger partial charge in [-0.1, -0.05) is 29.5 Å². The number of carbonyl (C=O) groups is 1. The molecule has 0 aliphatic heterocycles. The molecule has 0 aliphatic carbocycles. The molecule has 0 fully saturated rings. The van der Waals surface area contributed by atoms with E-state index in [0.717, 1.165) is 34.3 Å². The summed E-state index contributed by atoms with van der Waals surface area (Å²) in [7, 11) is 0.701. The topological polar surface area (TPSA) is 70.6 Å². The normalized spacial score (nSPS) is 11.8. The average Bonchev–Trinajstić information content (AvgIpc) is 3.18. The SMILES string of the molecule is Cc1ccc2sc(N(CCCN(C)C)C(=O)Cc3ccc(S(=O)(=O)C(C)C)cc3)nc2c1C.Cl. The lowest BCUT2D eigenvalue weighted by atomic mass is 10.1. The predicted octanol–water partition coefficient (Wildman–Crippen LogP) is 5.04. The predicted molar refractivity (Wildman–Crippen MR) is 144 cm³/mol. The van der Waals surface area contributed by atoms with Crippen molar-refractivity contribution in [3.05, 3.63) is 53.1 Å². The van der Waals surface area contributed by atoms with Gasteiger partial charge in [-0.3, -0.25) is 9.69 Å². The number of sulfone groups is 1. The first-order chi connectivity index (χ1) is 15.5. The number of aromatic nitrogens is 1. The number of thiazole rings is 1. The number of carbonyl (C=O) groups excluding carboxylic acids is 1. The van der Waals surface area contributed by atoms with Crippen LogP contribution >= 0.6 is 23.7 Å². The highest BCUT2D eigenvalue weighted by molar-refractivity contribution is 7.92. The Hall–Kier alpha value is -2.00. The van der Waals surface area contributed by atoms with Crippen molar-refractivity contribution in [2.75, 3.05) is 32.1 Å². The van der Waals surface area contributed by atoms with Crippen molar-refractivity contribution in [3.8, 4) is 0 Å². The molecule has 1 amide bonds. The van der Waals surface area contributed by atoms with E-state index in [9.17, 15) is 13.2 Å². The molecule has 1 heterocycles. The van der Waals surface area contributed by atoms with Crippen LogP contribution in [0.1, 0.15) is 37.0 Å². The van der Waals surface area contributed by atoms with Crippen LogP contribution in [0.15, 0.2) is 41.3 Å². The van der Waals surface area contributed by atoms with Gasteiger partial charge in [-0.15, -0.1) is 12.4 Å². The van der Waals surface area contributed by atoms with E-state index >= 15 is 0 Å². The van der Waals surface area contributed by atoms with Gasteiger partial charge in [0.25, 0.3) is 0 Å². The number of hydrogen-bond donors (Lipinski definition) is 0. The number of aryl methyl sites for hydroxylation is 2. The zero-order valence-corrected chi connectivity index (χ0v) is 23.1. The summed E-state index contributed by atoms with van der Waals surface area (Å²) in [6.45, 7) is 8.91. The summed E-state index contributed by atoms with van der Waals surface area (Å²) in [5.41, 5.74) is 4.05. The Morgan fingerprint density at radius 2 is 1.68 bits per heavy atom. The fraction of sp³-hybridized carbons (Fsp3) is 0.440. The Morgan fingerprint density at radius 1 is 1.03 bits per heavy atom. The fourth-order valence-corrected chi connectivity index (χ4v) is 5.67. The molecule has 0 radical (unpaired) electrons. The molecule has 0 bridgehead atoms. The van der Waals surface area contributed by atoms with E-state index in [4.69, 9.17) is 4.98 Å². The first-order valence-electron chi connectivity index (χ1n) is 11.2. The van der Waals surface area contributed by atoms with Crippen LogP contribution in [0.5, 0.6) is 0 Å². The van der Waals surface area contributed by atoms with Crippen LogP contribution in [-0.2, 0) is 21.1 Å².